The molecule has 0 aliphatic heterocycles. The van der Waals surface area contributed by atoms with Crippen molar-refractivity contribution in [1.29, 1.82) is 5.26 Å². The summed E-state index contributed by atoms with van der Waals surface area (Å²) in [7, 11) is 0. The van der Waals surface area contributed by atoms with Gasteiger partial charge in [-0.3, -0.25) is 4.79 Å². The molecule has 5 heteroatoms. The second-order valence-corrected chi connectivity index (χ2v) is 5.24. The quantitative estimate of drug-likeness (QED) is 0.619. The van der Waals surface area contributed by atoms with Gasteiger partial charge in [0.15, 0.2) is 6.61 Å². The molecular weight excluding hydrogens is 266 g/mol. The first-order chi connectivity index (χ1) is 10.0. The van der Waals surface area contributed by atoms with Gasteiger partial charge in [0.05, 0.1) is 11.6 Å². The van der Waals surface area contributed by atoms with Gasteiger partial charge in [0.2, 0.25) is 0 Å². The number of nitrogens with zero attached hydrogens (tertiary/aromatic N) is 2. The second-order valence-electron chi connectivity index (χ2n) is 5.24. The normalized spacial score (nSPS) is 11.1. The van der Waals surface area contributed by atoms with Crippen LogP contribution in [0.5, 0.6) is 5.75 Å². The summed E-state index contributed by atoms with van der Waals surface area (Å²) in [5.41, 5.74) is 3.92. The lowest BCUT2D eigenvalue weighted by atomic mass is 10.1. The van der Waals surface area contributed by atoms with Crippen LogP contribution in [0.4, 0.5) is 0 Å². The number of benzene rings is 1. The van der Waals surface area contributed by atoms with Crippen molar-refractivity contribution in [2.24, 2.45) is 11.0 Å². The van der Waals surface area contributed by atoms with Gasteiger partial charge in [-0.1, -0.05) is 13.8 Å². The third-order valence-electron chi connectivity index (χ3n) is 2.81. The highest BCUT2D eigenvalue weighted by molar-refractivity contribution is 5.84. The highest BCUT2D eigenvalue weighted by Gasteiger charge is 2.03. The van der Waals surface area contributed by atoms with E-state index in [1.54, 1.807) is 24.3 Å². The maximum atomic E-state index is 11.6. The van der Waals surface area contributed by atoms with E-state index < -0.39 is 0 Å². The Morgan fingerprint density at radius 1 is 1.38 bits per heavy atom. The smallest absolute Gasteiger partial charge is 0.277 e. The van der Waals surface area contributed by atoms with E-state index in [2.05, 4.69) is 24.4 Å². The summed E-state index contributed by atoms with van der Waals surface area (Å²) in [6, 6.07) is 8.61. The van der Waals surface area contributed by atoms with Gasteiger partial charge in [-0.25, -0.2) is 5.43 Å². The van der Waals surface area contributed by atoms with Gasteiger partial charge in [-0.2, -0.15) is 10.4 Å². The van der Waals surface area contributed by atoms with E-state index in [1.807, 2.05) is 13.0 Å². The number of carbonyl (C=O) groups is 1. The summed E-state index contributed by atoms with van der Waals surface area (Å²) in [5, 5.41) is 12.7. The Morgan fingerprint density at radius 2 is 2.05 bits per heavy atom. The number of hydrogen-bond acceptors (Lipinski definition) is 4. The maximum Gasteiger partial charge on any atom is 0.277 e. The topological polar surface area (TPSA) is 74.5 Å². The van der Waals surface area contributed by atoms with Crippen LogP contribution >= 0.6 is 0 Å². The van der Waals surface area contributed by atoms with Crippen LogP contribution in [0, 0.1) is 17.2 Å². The van der Waals surface area contributed by atoms with Crippen molar-refractivity contribution in [2.45, 2.75) is 33.6 Å². The number of nitrogens with one attached hydrogen (secondary N) is 1. The predicted molar refractivity (Wildman–Crippen MR) is 82.0 cm³/mol. The van der Waals surface area contributed by atoms with Crippen LogP contribution in [0.25, 0.3) is 0 Å². The Balaban J connectivity index is 2.33. The SMILES string of the molecule is C/C(CCC(C)C)=N/NC(=O)COc1ccc(C#N)cc1. The van der Waals surface area contributed by atoms with Crippen LogP contribution < -0.4 is 10.2 Å². The van der Waals surface area contributed by atoms with Gasteiger partial charge in [-0.05, 0) is 49.9 Å². The van der Waals surface area contributed by atoms with Crippen LogP contribution in [0.3, 0.4) is 0 Å². The molecule has 0 atom stereocenters. The molecule has 0 unspecified atom stereocenters. The molecule has 0 radical (unpaired) electrons. The molecule has 1 aromatic rings. The zero-order valence-electron chi connectivity index (χ0n) is 12.7. The Kier molecular flexibility index (Phi) is 6.96. The van der Waals surface area contributed by atoms with E-state index in [0.717, 1.165) is 18.6 Å². The summed E-state index contributed by atoms with van der Waals surface area (Å²) in [5.74, 6) is 0.860. The standard InChI is InChI=1S/C16H21N3O2/c1-12(2)4-5-13(3)18-19-16(20)11-21-15-8-6-14(10-17)7-9-15/h6-9,12H,4-5,11H2,1-3H3,(H,19,20)/b18-13-. The molecule has 0 bridgehead atoms. The predicted octanol–water partition coefficient (Wildman–Crippen LogP) is 2.87. The first-order valence-corrected chi connectivity index (χ1v) is 6.96. The minimum Gasteiger partial charge on any atom is -0.484 e. The molecule has 0 aliphatic carbocycles. The number of ether oxygens (including phenoxy) is 1. The number of amides is 1. The molecule has 0 aromatic heterocycles. The molecule has 5 nitrogen and oxygen atoms in total. The average Bonchev–Trinajstić information content (AvgIpc) is 2.49. The zero-order chi connectivity index (χ0) is 15.7. The lowest BCUT2D eigenvalue weighted by Gasteiger charge is -2.06. The fourth-order valence-electron chi connectivity index (χ4n) is 1.52. The second kappa shape index (κ2) is 8.75. The minimum atomic E-state index is -0.303. The minimum absolute atomic E-state index is 0.104. The molecule has 21 heavy (non-hydrogen) atoms. The van der Waals surface area contributed by atoms with Crippen LogP contribution in [-0.4, -0.2) is 18.2 Å². The largest absolute Gasteiger partial charge is 0.484 e. The first kappa shape index (κ1) is 16.7. The van der Waals surface area contributed by atoms with Crippen molar-refractivity contribution in [3.8, 4) is 11.8 Å². The van der Waals surface area contributed by atoms with Gasteiger partial charge >= 0.3 is 0 Å². The summed E-state index contributed by atoms with van der Waals surface area (Å²) in [6.45, 7) is 6.09. The summed E-state index contributed by atoms with van der Waals surface area (Å²) in [4.78, 5) is 11.6. The maximum absolute atomic E-state index is 11.6. The average molecular weight is 287 g/mol. The number of hydrazone groups is 1. The van der Waals surface area contributed by atoms with Gasteiger partial charge in [-0.15, -0.1) is 0 Å². The van der Waals surface area contributed by atoms with Crippen molar-refractivity contribution in [2.75, 3.05) is 6.61 Å². The van der Waals surface area contributed by atoms with Crippen LogP contribution in [0.2, 0.25) is 0 Å². The molecule has 0 fully saturated rings. The van der Waals surface area contributed by atoms with Crippen LogP contribution in [0.15, 0.2) is 29.4 Å². The fourth-order valence-corrected chi connectivity index (χ4v) is 1.52. The molecule has 1 N–H and O–H groups in total. The van der Waals surface area contributed by atoms with Crippen molar-refractivity contribution >= 4 is 11.6 Å². The lowest BCUT2D eigenvalue weighted by molar-refractivity contribution is -0.123. The van der Waals surface area contributed by atoms with Gasteiger partial charge in [0, 0.05) is 5.71 Å². The van der Waals surface area contributed by atoms with Crippen molar-refractivity contribution < 1.29 is 9.53 Å². The molecule has 1 amide bonds. The van der Waals surface area contributed by atoms with Crippen molar-refractivity contribution in [1.82, 2.24) is 5.43 Å². The highest BCUT2D eigenvalue weighted by atomic mass is 16.5. The molecule has 0 aliphatic rings. The third-order valence-corrected chi connectivity index (χ3v) is 2.81. The van der Waals surface area contributed by atoms with E-state index in [1.165, 1.54) is 0 Å². The molecular formula is C16H21N3O2. The molecule has 112 valence electrons. The van der Waals surface area contributed by atoms with E-state index in [9.17, 15) is 4.79 Å². The van der Waals surface area contributed by atoms with E-state index in [-0.39, 0.29) is 12.5 Å². The number of rotatable bonds is 7. The zero-order valence-corrected chi connectivity index (χ0v) is 12.7. The van der Waals surface area contributed by atoms with Gasteiger partial charge in [0.1, 0.15) is 5.75 Å². The van der Waals surface area contributed by atoms with E-state index in [4.69, 9.17) is 10.00 Å². The molecule has 0 heterocycles. The third kappa shape index (κ3) is 7.11. The summed E-state index contributed by atoms with van der Waals surface area (Å²) < 4.78 is 5.31. The highest BCUT2D eigenvalue weighted by Crippen LogP contribution is 2.11. The molecule has 0 spiro atoms. The molecule has 1 aromatic carbocycles. The summed E-state index contributed by atoms with van der Waals surface area (Å²) in [6.07, 6.45) is 1.92. The molecule has 1 rings (SSSR count). The van der Waals surface area contributed by atoms with Gasteiger partial charge in [0.25, 0.3) is 5.91 Å². The van der Waals surface area contributed by atoms with Crippen LogP contribution in [-0.2, 0) is 4.79 Å². The number of carbonyl (C=O) groups excluding carboxylic acids is 1. The fraction of sp³-hybridized carbons (Fsp3) is 0.438. The van der Waals surface area contributed by atoms with Gasteiger partial charge < -0.3 is 4.74 Å². The Hall–Kier alpha value is -2.35. The molecule has 0 saturated carbocycles. The van der Waals surface area contributed by atoms with Crippen molar-refractivity contribution in [3.05, 3.63) is 29.8 Å². The molecule has 0 saturated heterocycles. The Morgan fingerprint density at radius 3 is 2.62 bits per heavy atom. The first-order valence-electron chi connectivity index (χ1n) is 6.96. The Labute approximate surface area is 125 Å². The number of hydrogen-bond donors (Lipinski definition) is 1. The van der Waals surface area contributed by atoms with E-state index in [0.29, 0.717) is 17.2 Å². The summed E-state index contributed by atoms with van der Waals surface area (Å²) >= 11 is 0. The monoisotopic (exact) mass is 287 g/mol. The van der Waals surface area contributed by atoms with Crippen LogP contribution in [0.1, 0.15) is 39.2 Å². The van der Waals surface area contributed by atoms with E-state index >= 15 is 0 Å². The number of nitriles is 1. The lowest BCUT2D eigenvalue weighted by Crippen LogP contribution is -2.25. The Bertz CT molecular complexity index is 527. The van der Waals surface area contributed by atoms with Crippen molar-refractivity contribution in [3.63, 3.8) is 0 Å².